The topological polar surface area (TPSA) is 49.8 Å². The summed E-state index contributed by atoms with van der Waals surface area (Å²) < 4.78 is 33.0. The van der Waals surface area contributed by atoms with E-state index in [-0.39, 0.29) is 11.6 Å². The van der Waals surface area contributed by atoms with Crippen LogP contribution < -0.4 is 0 Å². The Morgan fingerprint density at radius 3 is 1.91 bits per heavy atom. The van der Waals surface area contributed by atoms with Crippen LogP contribution in [0.1, 0.15) is 35.6 Å². The molecule has 3 aromatic carbocycles. The van der Waals surface area contributed by atoms with Crippen LogP contribution in [-0.2, 0) is 16.0 Å². The third-order valence-corrected chi connectivity index (χ3v) is 7.01. The van der Waals surface area contributed by atoms with Crippen LogP contribution in [0.15, 0.2) is 72.8 Å². The highest BCUT2D eigenvalue weighted by Gasteiger charge is 2.41. The number of carboxylic acids is 1. The number of rotatable bonds is 9. The lowest BCUT2D eigenvalue weighted by molar-refractivity contribution is -0.152. The maximum atomic E-state index is 13.4. The van der Waals surface area contributed by atoms with Crippen molar-refractivity contribution in [3.63, 3.8) is 0 Å². The summed E-state index contributed by atoms with van der Waals surface area (Å²) in [6.45, 7) is 2.34. The van der Waals surface area contributed by atoms with E-state index in [1.165, 1.54) is 24.3 Å². The van der Waals surface area contributed by atoms with Gasteiger partial charge in [0.05, 0.1) is 12.0 Å². The van der Waals surface area contributed by atoms with E-state index in [1.54, 1.807) is 36.4 Å². The number of carbonyl (C=O) groups is 1. The molecule has 1 heterocycles. The Balaban J connectivity index is 1.36. The zero-order valence-corrected chi connectivity index (χ0v) is 20.1. The van der Waals surface area contributed by atoms with Crippen molar-refractivity contribution in [2.45, 2.75) is 25.4 Å². The number of likely N-dealkylation sites (tertiary alicyclic amines) is 1. The molecule has 0 aromatic heterocycles. The predicted octanol–water partition coefficient (Wildman–Crippen LogP) is 6.13. The molecule has 0 atom stereocenters. The number of hydrogen-bond donors (Lipinski definition) is 1. The van der Waals surface area contributed by atoms with E-state index in [4.69, 9.17) is 16.3 Å². The van der Waals surface area contributed by atoms with Crippen molar-refractivity contribution < 1.29 is 23.4 Å². The van der Waals surface area contributed by atoms with Gasteiger partial charge in [-0.05, 0) is 85.4 Å². The molecule has 4 rings (SSSR count). The van der Waals surface area contributed by atoms with Gasteiger partial charge in [0, 0.05) is 11.6 Å². The van der Waals surface area contributed by atoms with Gasteiger partial charge in [-0.25, -0.2) is 8.78 Å². The second-order valence-corrected chi connectivity index (χ2v) is 9.52. The minimum Gasteiger partial charge on any atom is -0.481 e. The van der Waals surface area contributed by atoms with Crippen LogP contribution in [0.4, 0.5) is 8.78 Å². The molecule has 0 radical (unpaired) electrons. The first-order valence-electron chi connectivity index (χ1n) is 11.7. The summed E-state index contributed by atoms with van der Waals surface area (Å²) in [5, 5.41) is 10.6. The average Bonchev–Trinajstić information content (AvgIpc) is 2.86. The standard InChI is InChI=1S/C28H28ClF2NO3/c29-23-7-1-20(2-8-23)19-28(27(33)34)13-15-32(16-14-28)17-18-35-26(21-3-9-24(30)10-4-21)22-5-11-25(31)12-6-22/h1-12,26H,13-19H2,(H,33,34). The van der Waals surface area contributed by atoms with E-state index in [2.05, 4.69) is 4.90 Å². The largest absolute Gasteiger partial charge is 0.481 e. The lowest BCUT2D eigenvalue weighted by atomic mass is 9.74. The van der Waals surface area contributed by atoms with Gasteiger partial charge in [0.15, 0.2) is 0 Å². The molecule has 0 spiro atoms. The van der Waals surface area contributed by atoms with Crippen molar-refractivity contribution in [2.75, 3.05) is 26.2 Å². The van der Waals surface area contributed by atoms with Crippen molar-refractivity contribution in [3.8, 4) is 0 Å². The van der Waals surface area contributed by atoms with Crippen molar-refractivity contribution in [1.29, 1.82) is 0 Å². The van der Waals surface area contributed by atoms with Crippen LogP contribution >= 0.6 is 11.6 Å². The summed E-state index contributed by atoms with van der Waals surface area (Å²) in [7, 11) is 0. The number of hydrogen-bond acceptors (Lipinski definition) is 3. The van der Waals surface area contributed by atoms with Gasteiger partial charge in [-0.2, -0.15) is 0 Å². The fourth-order valence-corrected chi connectivity index (χ4v) is 4.75. The van der Waals surface area contributed by atoms with Crippen LogP contribution in [-0.4, -0.2) is 42.2 Å². The Morgan fingerprint density at radius 2 is 1.43 bits per heavy atom. The number of benzene rings is 3. The van der Waals surface area contributed by atoms with Crippen molar-refractivity contribution in [3.05, 3.63) is 106 Å². The van der Waals surface area contributed by atoms with E-state index < -0.39 is 17.5 Å². The summed E-state index contributed by atoms with van der Waals surface area (Å²) in [4.78, 5) is 14.4. The van der Waals surface area contributed by atoms with E-state index in [0.717, 1.165) is 16.7 Å². The van der Waals surface area contributed by atoms with E-state index in [9.17, 15) is 18.7 Å². The Kier molecular flexibility index (Phi) is 8.16. The van der Waals surface area contributed by atoms with Crippen LogP contribution in [0.2, 0.25) is 5.02 Å². The normalized spacial score (nSPS) is 15.9. The average molecular weight is 500 g/mol. The molecule has 1 aliphatic rings. The van der Waals surface area contributed by atoms with Crippen LogP contribution in [0.3, 0.4) is 0 Å². The Labute approximate surface area is 209 Å². The van der Waals surface area contributed by atoms with Gasteiger partial charge in [0.1, 0.15) is 17.7 Å². The van der Waals surface area contributed by atoms with Crippen molar-refractivity contribution in [2.24, 2.45) is 5.41 Å². The molecule has 1 saturated heterocycles. The van der Waals surface area contributed by atoms with E-state index in [0.29, 0.717) is 50.5 Å². The molecule has 0 aliphatic carbocycles. The molecular formula is C28H28ClF2NO3. The zero-order chi connectivity index (χ0) is 24.8. The van der Waals surface area contributed by atoms with Gasteiger partial charge in [-0.15, -0.1) is 0 Å². The van der Waals surface area contributed by atoms with Crippen molar-refractivity contribution in [1.82, 2.24) is 4.90 Å². The number of ether oxygens (including phenoxy) is 1. The summed E-state index contributed by atoms with van der Waals surface area (Å²) in [6.07, 6.45) is 1.11. The number of halogens is 3. The SMILES string of the molecule is O=C(O)C1(Cc2ccc(Cl)cc2)CCN(CCOC(c2ccc(F)cc2)c2ccc(F)cc2)CC1. The highest BCUT2D eigenvalue weighted by molar-refractivity contribution is 6.30. The number of aliphatic carboxylic acids is 1. The number of nitrogens with zero attached hydrogens (tertiary/aromatic N) is 1. The zero-order valence-electron chi connectivity index (χ0n) is 19.3. The summed E-state index contributed by atoms with van der Waals surface area (Å²) in [5.74, 6) is -1.43. The monoisotopic (exact) mass is 499 g/mol. The Morgan fingerprint density at radius 1 is 0.914 bits per heavy atom. The van der Waals surface area contributed by atoms with Crippen molar-refractivity contribution >= 4 is 17.6 Å². The van der Waals surface area contributed by atoms with Crippen LogP contribution in [0, 0.1) is 17.0 Å². The molecule has 3 aromatic rings. The lowest BCUT2D eigenvalue weighted by Crippen LogP contribution is -2.46. The maximum Gasteiger partial charge on any atom is 0.310 e. The fraction of sp³-hybridized carbons (Fsp3) is 0.321. The lowest BCUT2D eigenvalue weighted by Gasteiger charge is -2.39. The molecule has 0 amide bonds. The van der Waals surface area contributed by atoms with E-state index >= 15 is 0 Å². The minimum atomic E-state index is -0.796. The molecule has 0 saturated carbocycles. The van der Waals surface area contributed by atoms with Gasteiger partial charge in [0.2, 0.25) is 0 Å². The van der Waals surface area contributed by atoms with Gasteiger partial charge < -0.3 is 14.7 Å². The van der Waals surface area contributed by atoms with Gasteiger partial charge in [-0.1, -0.05) is 48.0 Å². The first-order chi connectivity index (χ1) is 16.8. The molecule has 0 bridgehead atoms. The van der Waals surface area contributed by atoms with Gasteiger partial charge in [-0.3, -0.25) is 4.79 Å². The third kappa shape index (κ3) is 6.45. The maximum absolute atomic E-state index is 13.4. The molecule has 35 heavy (non-hydrogen) atoms. The predicted molar refractivity (Wildman–Crippen MR) is 131 cm³/mol. The summed E-state index contributed by atoms with van der Waals surface area (Å²) in [5.41, 5.74) is 1.74. The van der Waals surface area contributed by atoms with Crippen LogP contribution in [0.25, 0.3) is 0 Å². The third-order valence-electron chi connectivity index (χ3n) is 6.76. The molecule has 1 N–H and O–H groups in total. The summed E-state index contributed by atoms with van der Waals surface area (Å²) in [6, 6.07) is 19.6. The molecular weight excluding hydrogens is 472 g/mol. The number of piperidine rings is 1. The molecule has 1 fully saturated rings. The first kappa shape index (κ1) is 25.3. The Hall–Kier alpha value is -2.80. The van der Waals surface area contributed by atoms with Crippen LogP contribution in [0.5, 0.6) is 0 Å². The highest BCUT2D eigenvalue weighted by atomic mass is 35.5. The Bertz CT molecular complexity index is 1070. The first-order valence-corrected chi connectivity index (χ1v) is 12.1. The fourth-order valence-electron chi connectivity index (χ4n) is 4.62. The quantitative estimate of drug-likeness (QED) is 0.384. The summed E-state index contributed by atoms with van der Waals surface area (Å²) >= 11 is 5.97. The van der Waals surface area contributed by atoms with Gasteiger partial charge >= 0.3 is 5.97 Å². The van der Waals surface area contributed by atoms with Gasteiger partial charge in [0.25, 0.3) is 0 Å². The number of carboxylic acid groups (broad SMARTS) is 1. The second kappa shape index (κ2) is 11.3. The highest BCUT2D eigenvalue weighted by Crippen LogP contribution is 2.36. The minimum absolute atomic E-state index is 0.333. The molecule has 0 unspecified atom stereocenters. The smallest absolute Gasteiger partial charge is 0.310 e. The molecule has 1 aliphatic heterocycles. The molecule has 4 nitrogen and oxygen atoms in total. The second-order valence-electron chi connectivity index (χ2n) is 9.08. The van der Waals surface area contributed by atoms with E-state index in [1.807, 2.05) is 12.1 Å². The molecule has 7 heteroatoms. The molecule has 184 valence electrons.